The fraction of sp³-hybridized carbons (Fsp3) is 0.353. The van der Waals surface area contributed by atoms with Gasteiger partial charge in [-0.3, -0.25) is 4.99 Å². The minimum atomic E-state index is -0.171. The first-order valence-electron chi connectivity index (χ1n) is 7.38. The number of hydrogen-bond acceptors (Lipinski definition) is 4. The Morgan fingerprint density at radius 2 is 1.91 bits per heavy atom. The molecule has 1 aliphatic heterocycles. The van der Waals surface area contributed by atoms with Gasteiger partial charge in [-0.05, 0) is 30.9 Å². The average molecular weight is 347 g/mol. The van der Waals surface area contributed by atoms with Gasteiger partial charge in [0.1, 0.15) is 0 Å². The van der Waals surface area contributed by atoms with Crippen molar-refractivity contribution in [1.82, 2.24) is 14.6 Å². The lowest BCUT2D eigenvalue weighted by Gasteiger charge is -2.43. The highest BCUT2D eigenvalue weighted by Crippen LogP contribution is 2.45. The van der Waals surface area contributed by atoms with Crippen LogP contribution in [0.25, 0.3) is 5.65 Å². The monoisotopic (exact) mass is 346 g/mol. The number of thiophene rings is 1. The van der Waals surface area contributed by atoms with Crippen molar-refractivity contribution >= 4 is 35.1 Å². The molecule has 0 unspecified atom stereocenters. The molecule has 1 aliphatic rings. The highest BCUT2D eigenvalue weighted by molar-refractivity contribution is 7.12. The summed E-state index contributed by atoms with van der Waals surface area (Å²) < 4.78 is 1.80. The number of fused-ring (bicyclic) bond motifs is 2. The van der Waals surface area contributed by atoms with Gasteiger partial charge >= 0.3 is 0 Å². The molecule has 0 saturated carbocycles. The van der Waals surface area contributed by atoms with E-state index in [9.17, 15) is 0 Å². The van der Waals surface area contributed by atoms with E-state index in [0.717, 1.165) is 16.9 Å². The molecule has 6 heteroatoms. The molecule has 0 atom stereocenters. The molecule has 3 aromatic heterocycles. The molecule has 0 spiro atoms. The van der Waals surface area contributed by atoms with Gasteiger partial charge in [0.25, 0.3) is 0 Å². The lowest BCUT2D eigenvalue weighted by Crippen LogP contribution is -2.45. The maximum absolute atomic E-state index is 5.09. The van der Waals surface area contributed by atoms with Crippen molar-refractivity contribution in [2.75, 3.05) is 0 Å². The molecule has 0 aliphatic carbocycles. The van der Waals surface area contributed by atoms with Crippen molar-refractivity contribution < 1.29 is 0 Å². The van der Waals surface area contributed by atoms with Gasteiger partial charge in [-0.15, -0.1) is 23.7 Å². The van der Waals surface area contributed by atoms with E-state index in [0.29, 0.717) is 0 Å². The molecule has 0 N–H and O–H groups in total. The zero-order chi connectivity index (χ0) is 15.5. The normalized spacial score (nSPS) is 18.2. The Morgan fingerprint density at radius 3 is 2.70 bits per heavy atom. The second kappa shape index (κ2) is 5.14. The van der Waals surface area contributed by atoms with Crippen LogP contribution in [-0.2, 0) is 5.41 Å². The van der Waals surface area contributed by atoms with Gasteiger partial charge in [-0.2, -0.15) is 5.10 Å². The summed E-state index contributed by atoms with van der Waals surface area (Å²) in [5.74, 6) is 0. The fourth-order valence-corrected chi connectivity index (χ4v) is 3.98. The van der Waals surface area contributed by atoms with Crippen LogP contribution < -0.4 is 0 Å². The molecule has 3 aromatic rings. The van der Waals surface area contributed by atoms with E-state index >= 15 is 0 Å². The van der Waals surface area contributed by atoms with Crippen molar-refractivity contribution in [3.63, 3.8) is 0 Å². The Balaban J connectivity index is 0.00000156. The molecule has 23 heavy (non-hydrogen) atoms. The first kappa shape index (κ1) is 16.1. The molecule has 0 amide bonds. The van der Waals surface area contributed by atoms with Gasteiger partial charge in [0, 0.05) is 29.4 Å². The van der Waals surface area contributed by atoms with Crippen LogP contribution in [0.2, 0.25) is 0 Å². The smallest absolute Gasteiger partial charge is 0.154 e. The number of aromatic nitrogens is 3. The van der Waals surface area contributed by atoms with Crippen LogP contribution in [0.4, 0.5) is 0 Å². The molecule has 0 saturated heterocycles. The average Bonchev–Trinajstić information content (AvgIpc) is 3.11. The topological polar surface area (TPSA) is 42.5 Å². The van der Waals surface area contributed by atoms with Gasteiger partial charge < -0.3 is 0 Å². The number of hydrogen-bond donors (Lipinski definition) is 0. The van der Waals surface area contributed by atoms with Crippen molar-refractivity contribution in [1.29, 1.82) is 0 Å². The molecule has 0 radical (unpaired) electrons. The highest BCUT2D eigenvalue weighted by atomic mass is 35.5. The van der Waals surface area contributed by atoms with E-state index in [4.69, 9.17) is 4.99 Å². The maximum Gasteiger partial charge on any atom is 0.154 e. The SMILES string of the molecule is CC1(C)N=C(c2cnc3ccnn3c2)c2sccc2C1(C)C.Cl. The van der Waals surface area contributed by atoms with E-state index in [1.807, 2.05) is 18.5 Å². The minimum Gasteiger partial charge on any atom is -0.276 e. The van der Waals surface area contributed by atoms with Gasteiger partial charge in [0.05, 0.1) is 22.3 Å². The van der Waals surface area contributed by atoms with Gasteiger partial charge in [-0.1, -0.05) is 13.8 Å². The fourth-order valence-electron chi connectivity index (χ4n) is 2.91. The lowest BCUT2D eigenvalue weighted by atomic mass is 9.68. The number of nitrogens with zero attached hydrogens (tertiary/aromatic N) is 4. The van der Waals surface area contributed by atoms with E-state index in [2.05, 4.69) is 49.2 Å². The van der Waals surface area contributed by atoms with Crippen molar-refractivity contribution in [2.45, 2.75) is 38.6 Å². The minimum absolute atomic E-state index is 0. The van der Waals surface area contributed by atoms with Crippen LogP contribution in [0.1, 0.15) is 43.7 Å². The third-order valence-electron chi connectivity index (χ3n) is 4.99. The Morgan fingerprint density at radius 1 is 1.13 bits per heavy atom. The largest absolute Gasteiger partial charge is 0.276 e. The van der Waals surface area contributed by atoms with Crippen molar-refractivity contribution in [2.24, 2.45) is 4.99 Å². The highest BCUT2D eigenvalue weighted by Gasteiger charge is 2.44. The lowest BCUT2D eigenvalue weighted by molar-refractivity contribution is 0.305. The second-order valence-corrected chi connectivity index (χ2v) is 7.70. The van der Waals surface area contributed by atoms with E-state index in [1.165, 1.54) is 10.4 Å². The third-order valence-corrected chi connectivity index (χ3v) is 5.92. The van der Waals surface area contributed by atoms with Crippen molar-refractivity contribution in [3.8, 4) is 0 Å². The molecule has 4 rings (SSSR count). The summed E-state index contributed by atoms with van der Waals surface area (Å²) in [6, 6.07) is 4.13. The predicted molar refractivity (Wildman–Crippen MR) is 97.3 cm³/mol. The van der Waals surface area contributed by atoms with Gasteiger partial charge in [0.15, 0.2) is 5.65 Å². The predicted octanol–water partition coefficient (Wildman–Crippen LogP) is 4.12. The summed E-state index contributed by atoms with van der Waals surface area (Å²) in [5, 5.41) is 6.44. The van der Waals surface area contributed by atoms with Crippen molar-refractivity contribution in [3.05, 3.63) is 52.1 Å². The molecule has 0 aromatic carbocycles. The quantitative estimate of drug-likeness (QED) is 0.665. The summed E-state index contributed by atoms with van der Waals surface area (Å²) in [6.07, 6.45) is 5.67. The summed E-state index contributed by atoms with van der Waals surface area (Å²) in [7, 11) is 0. The van der Waals surface area contributed by atoms with Crippen LogP contribution in [0.15, 0.2) is 41.1 Å². The molecule has 0 bridgehead atoms. The third kappa shape index (κ3) is 2.22. The van der Waals surface area contributed by atoms with Crippen LogP contribution in [-0.4, -0.2) is 25.8 Å². The molecule has 4 heterocycles. The summed E-state index contributed by atoms with van der Waals surface area (Å²) in [6.45, 7) is 8.95. The van der Waals surface area contributed by atoms with Gasteiger partial charge in [-0.25, -0.2) is 9.50 Å². The Labute approximate surface area is 145 Å². The number of aliphatic imine (C=N–C) groups is 1. The Hall–Kier alpha value is -1.72. The molecule has 0 fully saturated rings. The Bertz CT molecular complexity index is 904. The van der Waals surface area contributed by atoms with E-state index < -0.39 is 0 Å². The van der Waals surface area contributed by atoms with E-state index in [1.54, 1.807) is 22.0 Å². The Kier molecular flexibility index (Phi) is 3.61. The molecular formula is C17H19ClN4S. The maximum atomic E-state index is 5.09. The molecule has 120 valence electrons. The number of rotatable bonds is 1. The summed E-state index contributed by atoms with van der Waals surface area (Å²) >= 11 is 1.75. The standard InChI is InChI=1S/C17H18N4S.ClH/c1-16(2)12-6-8-22-15(12)14(20-17(16,3)4)11-9-18-13-5-7-19-21(13)10-11;/h5-10H,1-4H3;1H. The first-order chi connectivity index (χ1) is 10.4. The van der Waals surface area contributed by atoms with E-state index in [-0.39, 0.29) is 23.4 Å². The van der Waals surface area contributed by atoms with Crippen LogP contribution in [0, 0.1) is 0 Å². The van der Waals surface area contributed by atoms with Crippen LogP contribution >= 0.6 is 23.7 Å². The zero-order valence-electron chi connectivity index (χ0n) is 13.6. The van der Waals surface area contributed by atoms with Crippen LogP contribution in [0.5, 0.6) is 0 Å². The van der Waals surface area contributed by atoms with Crippen LogP contribution in [0.3, 0.4) is 0 Å². The second-order valence-electron chi connectivity index (χ2n) is 6.78. The summed E-state index contributed by atoms with van der Waals surface area (Å²) in [4.78, 5) is 10.8. The first-order valence-corrected chi connectivity index (χ1v) is 8.26. The number of halogens is 1. The molecule has 4 nitrogen and oxygen atoms in total. The zero-order valence-corrected chi connectivity index (χ0v) is 15.2. The van der Waals surface area contributed by atoms with Gasteiger partial charge in [0.2, 0.25) is 0 Å². The molecular weight excluding hydrogens is 328 g/mol. The summed E-state index contributed by atoms with van der Waals surface area (Å²) in [5.41, 5.74) is 4.10.